The van der Waals surface area contributed by atoms with E-state index in [1.807, 2.05) is 86.8 Å². The number of para-hydroxylation sites is 2. The molecule has 8 rings (SSSR count). The van der Waals surface area contributed by atoms with Crippen LogP contribution in [-0.4, -0.2) is 23.0 Å². The second kappa shape index (κ2) is 8.55. The van der Waals surface area contributed by atoms with Crippen LogP contribution in [-0.2, 0) is 15.0 Å². The Bertz CT molecular complexity index is 1740. The first kappa shape index (κ1) is 24.2. The van der Waals surface area contributed by atoms with Crippen LogP contribution in [0.5, 0.6) is 0 Å². The topological polar surface area (TPSA) is 92.9 Å². The van der Waals surface area contributed by atoms with E-state index in [0.29, 0.717) is 0 Å². The summed E-state index contributed by atoms with van der Waals surface area (Å²) in [6.07, 6.45) is 1.85. The Kier molecular flexibility index (Phi) is 5.16. The lowest BCUT2D eigenvalue weighted by Crippen LogP contribution is -2.54. The smallest absolute Gasteiger partial charge is 0.274 e. The molecule has 4 aromatic rings. The number of carbonyl (C=O) groups excluding carboxylic acids is 2. The molecule has 1 fully saturated rings. The average molecular weight is 528 g/mol. The van der Waals surface area contributed by atoms with Gasteiger partial charge in [-0.2, -0.15) is 0 Å². The molecular weight excluding hydrogens is 502 g/mol. The first-order valence-electron chi connectivity index (χ1n) is 13.3. The third kappa shape index (κ3) is 3.09. The average Bonchev–Trinajstić information content (AvgIpc) is 3.24. The summed E-state index contributed by atoms with van der Waals surface area (Å²) in [6.45, 7) is 4.00. The number of aliphatic imine (C=N–C) groups is 1. The van der Waals surface area contributed by atoms with Crippen molar-refractivity contribution in [2.45, 2.75) is 25.2 Å². The molecule has 7 heteroatoms. The summed E-state index contributed by atoms with van der Waals surface area (Å²) in [5.41, 5.74) is 5.41. The van der Waals surface area contributed by atoms with E-state index in [1.54, 1.807) is 6.07 Å². The van der Waals surface area contributed by atoms with Crippen molar-refractivity contribution in [3.8, 4) is 0 Å². The van der Waals surface area contributed by atoms with Crippen molar-refractivity contribution < 1.29 is 14.5 Å². The SMILES string of the molecule is Cc1ccc(C)c(N=CC23c4ccccc4C(c4ccccc42)[C@@H]2C(=O)N(c4ccccc4[N+](=O)[O-])C(=O)[C@@H]23)c1. The summed E-state index contributed by atoms with van der Waals surface area (Å²) in [4.78, 5) is 46.2. The Hall–Kier alpha value is -4.91. The van der Waals surface area contributed by atoms with Gasteiger partial charge in [-0.3, -0.25) is 24.7 Å². The summed E-state index contributed by atoms with van der Waals surface area (Å²) in [7, 11) is 0. The minimum absolute atomic E-state index is 0.00558. The highest BCUT2D eigenvalue weighted by Gasteiger charge is 2.68. The Morgan fingerprint density at radius 3 is 2.15 bits per heavy atom. The van der Waals surface area contributed by atoms with Crippen LogP contribution in [0.25, 0.3) is 0 Å². The number of nitrogens with zero attached hydrogens (tertiary/aromatic N) is 3. The third-order valence-corrected chi connectivity index (χ3v) is 8.78. The highest BCUT2D eigenvalue weighted by Crippen LogP contribution is 2.64. The van der Waals surface area contributed by atoms with Crippen LogP contribution >= 0.6 is 0 Å². The summed E-state index contributed by atoms with van der Waals surface area (Å²) < 4.78 is 0. The number of nitro groups is 1. The quantitative estimate of drug-likeness (QED) is 0.137. The molecule has 0 spiro atoms. The van der Waals surface area contributed by atoms with E-state index >= 15 is 0 Å². The summed E-state index contributed by atoms with van der Waals surface area (Å²) in [5, 5.41) is 11.9. The fourth-order valence-electron chi connectivity index (χ4n) is 7.12. The number of carbonyl (C=O) groups is 2. The van der Waals surface area contributed by atoms with Gasteiger partial charge in [0.25, 0.3) is 5.69 Å². The van der Waals surface area contributed by atoms with E-state index < -0.39 is 34.0 Å². The molecule has 0 aromatic heterocycles. The van der Waals surface area contributed by atoms with Crippen LogP contribution in [0, 0.1) is 35.8 Å². The van der Waals surface area contributed by atoms with Crippen LogP contribution < -0.4 is 4.90 Å². The van der Waals surface area contributed by atoms with E-state index in [-0.39, 0.29) is 17.3 Å². The molecule has 4 aliphatic rings. The van der Waals surface area contributed by atoms with Crippen molar-refractivity contribution in [3.63, 3.8) is 0 Å². The van der Waals surface area contributed by atoms with Crippen LogP contribution in [0.3, 0.4) is 0 Å². The Balaban J connectivity index is 1.52. The zero-order chi connectivity index (χ0) is 27.8. The largest absolute Gasteiger partial charge is 0.293 e. The second-order valence-corrected chi connectivity index (χ2v) is 10.8. The van der Waals surface area contributed by atoms with Crippen LogP contribution in [0.4, 0.5) is 17.1 Å². The lowest BCUT2D eigenvalue weighted by Gasteiger charge is -2.52. The van der Waals surface area contributed by atoms with E-state index in [4.69, 9.17) is 4.99 Å². The van der Waals surface area contributed by atoms with E-state index in [0.717, 1.165) is 44.0 Å². The van der Waals surface area contributed by atoms with Gasteiger partial charge in [-0.05, 0) is 59.4 Å². The number of hydrogen-bond donors (Lipinski definition) is 0. The van der Waals surface area contributed by atoms with E-state index in [2.05, 4.69) is 0 Å². The minimum atomic E-state index is -1.03. The molecule has 0 saturated carbocycles. The van der Waals surface area contributed by atoms with Gasteiger partial charge < -0.3 is 0 Å². The Morgan fingerprint density at radius 2 is 1.48 bits per heavy atom. The molecule has 1 aliphatic heterocycles. The minimum Gasteiger partial charge on any atom is -0.274 e. The van der Waals surface area contributed by atoms with Gasteiger partial charge in [0.2, 0.25) is 11.8 Å². The molecule has 1 saturated heterocycles. The molecule has 0 unspecified atom stereocenters. The van der Waals surface area contributed by atoms with Crippen molar-refractivity contribution in [1.82, 2.24) is 0 Å². The number of hydrogen-bond acceptors (Lipinski definition) is 5. The molecule has 0 N–H and O–H groups in total. The van der Waals surface area contributed by atoms with Crippen LogP contribution in [0.15, 0.2) is 96.0 Å². The van der Waals surface area contributed by atoms with Crippen molar-refractivity contribution >= 4 is 35.1 Å². The van der Waals surface area contributed by atoms with Gasteiger partial charge in [0.15, 0.2) is 0 Å². The standard InChI is InChI=1S/C33H25N3O4/c1-19-15-16-20(2)25(17-19)34-18-33-23-11-5-3-9-21(23)28(22-10-4-6-12-24(22)33)29-30(33)32(38)35(31(29)37)26-13-7-8-14-27(26)36(39)40/h3-18,28-30H,1-2H3/t28?,29-,30+,33?/m0/s1. The molecule has 40 heavy (non-hydrogen) atoms. The molecule has 1 heterocycles. The van der Waals surface area contributed by atoms with Crippen molar-refractivity contribution in [1.29, 1.82) is 0 Å². The molecule has 2 bridgehead atoms. The van der Waals surface area contributed by atoms with Crippen LogP contribution in [0.2, 0.25) is 0 Å². The number of imide groups is 1. The van der Waals surface area contributed by atoms with E-state index in [1.165, 1.54) is 18.2 Å². The molecule has 4 aromatic carbocycles. The summed E-state index contributed by atoms with van der Waals surface area (Å²) in [5.74, 6) is -2.73. The molecule has 7 nitrogen and oxygen atoms in total. The Labute approximate surface area is 231 Å². The van der Waals surface area contributed by atoms with Gasteiger partial charge in [0.1, 0.15) is 5.69 Å². The molecule has 2 atom stereocenters. The number of rotatable bonds is 4. The third-order valence-electron chi connectivity index (χ3n) is 8.78. The van der Waals surface area contributed by atoms with Gasteiger partial charge in [-0.25, -0.2) is 4.90 Å². The lowest BCUT2D eigenvalue weighted by atomic mass is 9.47. The summed E-state index contributed by atoms with van der Waals surface area (Å²) >= 11 is 0. The zero-order valence-electron chi connectivity index (χ0n) is 21.9. The van der Waals surface area contributed by atoms with Gasteiger partial charge >= 0.3 is 0 Å². The number of anilines is 1. The molecule has 0 radical (unpaired) electrons. The molecule has 196 valence electrons. The maximum Gasteiger partial charge on any atom is 0.293 e. The molecule has 3 aliphatic carbocycles. The lowest BCUT2D eigenvalue weighted by molar-refractivity contribution is -0.384. The predicted octanol–water partition coefficient (Wildman–Crippen LogP) is 6.16. The fourth-order valence-corrected chi connectivity index (χ4v) is 7.12. The van der Waals surface area contributed by atoms with Crippen molar-refractivity contribution in [2.75, 3.05) is 4.90 Å². The number of nitro benzene ring substituents is 1. The normalized spacial score (nSPS) is 24.2. The number of aryl methyl sites for hydroxylation is 2. The maximum absolute atomic E-state index is 14.5. The molecule has 2 amide bonds. The van der Waals surface area contributed by atoms with Gasteiger partial charge in [-0.1, -0.05) is 72.8 Å². The Morgan fingerprint density at radius 1 is 0.850 bits per heavy atom. The zero-order valence-corrected chi connectivity index (χ0v) is 21.9. The van der Waals surface area contributed by atoms with Crippen molar-refractivity contribution in [2.24, 2.45) is 16.8 Å². The first-order chi connectivity index (χ1) is 19.3. The maximum atomic E-state index is 14.5. The number of amides is 2. The van der Waals surface area contributed by atoms with Gasteiger partial charge in [0.05, 0.1) is 27.9 Å². The first-order valence-corrected chi connectivity index (χ1v) is 13.3. The predicted molar refractivity (Wildman–Crippen MR) is 152 cm³/mol. The van der Waals surface area contributed by atoms with Gasteiger partial charge in [-0.15, -0.1) is 0 Å². The van der Waals surface area contributed by atoms with Crippen molar-refractivity contribution in [3.05, 3.63) is 134 Å². The van der Waals surface area contributed by atoms with Crippen LogP contribution in [0.1, 0.15) is 39.3 Å². The summed E-state index contributed by atoms with van der Waals surface area (Å²) in [6, 6.07) is 27.9. The highest BCUT2D eigenvalue weighted by atomic mass is 16.6. The van der Waals surface area contributed by atoms with Gasteiger partial charge in [0, 0.05) is 18.2 Å². The monoisotopic (exact) mass is 527 g/mol. The van der Waals surface area contributed by atoms with E-state index in [9.17, 15) is 19.7 Å². The number of benzene rings is 4. The second-order valence-electron chi connectivity index (χ2n) is 10.8. The highest BCUT2D eigenvalue weighted by molar-refractivity contribution is 6.25. The molecular formula is C33H25N3O4. The fraction of sp³-hybridized carbons (Fsp3) is 0.182.